The highest BCUT2D eigenvalue weighted by Gasteiger charge is 2.23. The van der Waals surface area contributed by atoms with Gasteiger partial charge in [0.2, 0.25) is 0 Å². The van der Waals surface area contributed by atoms with Crippen molar-refractivity contribution < 1.29 is 9.53 Å². The van der Waals surface area contributed by atoms with Gasteiger partial charge in [-0.15, -0.1) is 0 Å². The largest absolute Gasteiger partial charge is 0.479 e. The maximum Gasteiger partial charge on any atom is 0.265 e. The lowest BCUT2D eigenvalue weighted by atomic mass is 9.82. The average molecular weight is 288 g/mol. The van der Waals surface area contributed by atoms with Gasteiger partial charge in [0, 0.05) is 12.2 Å². The second kappa shape index (κ2) is 5.96. The second-order valence-electron chi connectivity index (χ2n) is 6.48. The minimum absolute atomic E-state index is 0.0826. The molecule has 0 radical (unpaired) electrons. The number of carbonyl (C=O) groups excluding carboxylic acids is 1. The highest BCUT2D eigenvalue weighted by atomic mass is 16.5. The van der Waals surface area contributed by atoms with Gasteiger partial charge in [-0.05, 0) is 49.8 Å². The van der Waals surface area contributed by atoms with Crippen molar-refractivity contribution in [3.05, 3.63) is 18.2 Å². The fraction of sp³-hybridized carbons (Fsp3) is 0.588. The van der Waals surface area contributed by atoms with Crippen molar-refractivity contribution in [2.24, 2.45) is 11.8 Å². The van der Waals surface area contributed by atoms with Crippen molar-refractivity contribution in [2.75, 3.05) is 17.2 Å². The van der Waals surface area contributed by atoms with E-state index in [2.05, 4.69) is 17.6 Å². The molecule has 3 unspecified atom stereocenters. The van der Waals surface area contributed by atoms with Crippen LogP contribution in [0.5, 0.6) is 5.75 Å². The normalized spacial score (nSPS) is 28.3. The van der Waals surface area contributed by atoms with E-state index in [4.69, 9.17) is 4.74 Å². The number of hydrogen-bond donors (Lipinski definition) is 2. The molecule has 21 heavy (non-hydrogen) atoms. The Morgan fingerprint density at radius 1 is 1.33 bits per heavy atom. The van der Waals surface area contributed by atoms with Gasteiger partial charge in [-0.2, -0.15) is 0 Å². The van der Waals surface area contributed by atoms with Crippen LogP contribution in [0.1, 0.15) is 39.5 Å². The van der Waals surface area contributed by atoms with Gasteiger partial charge in [0.15, 0.2) is 6.10 Å². The van der Waals surface area contributed by atoms with E-state index in [1.165, 1.54) is 25.7 Å². The van der Waals surface area contributed by atoms with Gasteiger partial charge in [-0.25, -0.2) is 0 Å². The SMILES string of the molecule is CC1CCCC(CNc2ccc3c(c2)NC(=O)C(C)O3)C1. The van der Waals surface area contributed by atoms with Crippen LogP contribution in [-0.4, -0.2) is 18.6 Å². The minimum Gasteiger partial charge on any atom is -0.479 e. The van der Waals surface area contributed by atoms with Gasteiger partial charge in [0.1, 0.15) is 5.75 Å². The molecule has 0 aromatic heterocycles. The van der Waals surface area contributed by atoms with Crippen LogP contribution in [0.2, 0.25) is 0 Å². The van der Waals surface area contributed by atoms with Crippen molar-refractivity contribution >= 4 is 17.3 Å². The summed E-state index contributed by atoms with van der Waals surface area (Å²) in [7, 11) is 0. The number of ether oxygens (including phenoxy) is 1. The van der Waals surface area contributed by atoms with Crippen LogP contribution in [-0.2, 0) is 4.79 Å². The summed E-state index contributed by atoms with van der Waals surface area (Å²) in [4.78, 5) is 11.7. The number of anilines is 2. The van der Waals surface area contributed by atoms with Gasteiger partial charge in [0.25, 0.3) is 5.91 Å². The number of carbonyl (C=O) groups is 1. The molecule has 1 aromatic rings. The summed E-state index contributed by atoms with van der Waals surface area (Å²) in [5.74, 6) is 2.28. The first kappa shape index (κ1) is 14.2. The third-order valence-corrected chi connectivity index (χ3v) is 4.55. The lowest BCUT2D eigenvalue weighted by Gasteiger charge is -2.27. The molecule has 4 nitrogen and oxygen atoms in total. The first-order valence-electron chi connectivity index (χ1n) is 7.97. The Morgan fingerprint density at radius 2 is 2.19 bits per heavy atom. The molecule has 1 amide bonds. The summed E-state index contributed by atoms with van der Waals surface area (Å²) in [6.45, 7) is 5.11. The molecule has 0 saturated heterocycles. The van der Waals surface area contributed by atoms with Crippen molar-refractivity contribution in [3.8, 4) is 5.75 Å². The highest BCUT2D eigenvalue weighted by molar-refractivity contribution is 5.98. The van der Waals surface area contributed by atoms with Crippen LogP contribution in [0.4, 0.5) is 11.4 Å². The van der Waals surface area contributed by atoms with Crippen LogP contribution in [0.3, 0.4) is 0 Å². The molecule has 0 spiro atoms. The third kappa shape index (κ3) is 3.31. The Kier molecular flexibility index (Phi) is 4.04. The maximum atomic E-state index is 11.7. The fourth-order valence-electron chi connectivity index (χ4n) is 3.33. The predicted molar refractivity (Wildman–Crippen MR) is 84.8 cm³/mol. The zero-order chi connectivity index (χ0) is 14.8. The van der Waals surface area contributed by atoms with E-state index in [9.17, 15) is 4.79 Å². The molecule has 114 valence electrons. The molecule has 4 heteroatoms. The van der Waals surface area contributed by atoms with E-state index in [0.717, 1.165) is 35.5 Å². The molecule has 1 saturated carbocycles. The van der Waals surface area contributed by atoms with Crippen molar-refractivity contribution in [2.45, 2.75) is 45.6 Å². The van der Waals surface area contributed by atoms with Gasteiger partial charge in [0.05, 0.1) is 5.69 Å². The standard InChI is InChI=1S/C17H24N2O2/c1-11-4-3-5-13(8-11)10-18-14-6-7-16-15(9-14)19-17(20)12(2)21-16/h6-7,9,11-13,18H,3-5,8,10H2,1-2H3,(H,19,20). The first-order valence-corrected chi connectivity index (χ1v) is 7.97. The van der Waals surface area contributed by atoms with Gasteiger partial charge < -0.3 is 15.4 Å². The lowest BCUT2D eigenvalue weighted by Crippen LogP contribution is -2.34. The fourth-order valence-corrected chi connectivity index (χ4v) is 3.33. The Hall–Kier alpha value is -1.71. The van der Waals surface area contributed by atoms with E-state index < -0.39 is 6.10 Å². The number of nitrogens with one attached hydrogen (secondary N) is 2. The minimum atomic E-state index is -0.417. The van der Waals surface area contributed by atoms with Crippen molar-refractivity contribution in [1.29, 1.82) is 0 Å². The highest BCUT2D eigenvalue weighted by Crippen LogP contribution is 2.33. The molecule has 0 bridgehead atoms. The van der Waals surface area contributed by atoms with Crippen LogP contribution < -0.4 is 15.4 Å². The summed E-state index contributed by atoms with van der Waals surface area (Å²) >= 11 is 0. The molecular weight excluding hydrogens is 264 g/mol. The van der Waals surface area contributed by atoms with E-state index in [1.807, 2.05) is 18.2 Å². The molecule has 3 atom stereocenters. The average Bonchev–Trinajstić information content (AvgIpc) is 2.46. The smallest absolute Gasteiger partial charge is 0.265 e. The molecular formula is C17H24N2O2. The Labute approximate surface area is 126 Å². The zero-order valence-corrected chi connectivity index (χ0v) is 12.8. The Balaban J connectivity index is 1.62. The molecule has 1 aliphatic carbocycles. The third-order valence-electron chi connectivity index (χ3n) is 4.55. The number of hydrogen-bond acceptors (Lipinski definition) is 3. The van der Waals surface area contributed by atoms with Crippen LogP contribution in [0, 0.1) is 11.8 Å². The second-order valence-corrected chi connectivity index (χ2v) is 6.48. The summed E-state index contributed by atoms with van der Waals surface area (Å²) in [5.41, 5.74) is 1.81. The molecule has 1 aliphatic heterocycles. The zero-order valence-electron chi connectivity index (χ0n) is 12.8. The van der Waals surface area contributed by atoms with Crippen LogP contribution >= 0.6 is 0 Å². The van der Waals surface area contributed by atoms with E-state index >= 15 is 0 Å². The van der Waals surface area contributed by atoms with Crippen molar-refractivity contribution in [3.63, 3.8) is 0 Å². The van der Waals surface area contributed by atoms with Crippen molar-refractivity contribution in [1.82, 2.24) is 0 Å². The lowest BCUT2D eigenvalue weighted by molar-refractivity contribution is -0.122. The van der Waals surface area contributed by atoms with E-state index in [-0.39, 0.29) is 5.91 Å². The Morgan fingerprint density at radius 3 is 3.00 bits per heavy atom. The maximum absolute atomic E-state index is 11.7. The Bertz CT molecular complexity index is 530. The first-order chi connectivity index (χ1) is 10.1. The molecule has 2 N–H and O–H groups in total. The molecule has 1 fully saturated rings. The number of fused-ring (bicyclic) bond motifs is 1. The van der Waals surface area contributed by atoms with Crippen LogP contribution in [0.25, 0.3) is 0 Å². The summed E-state index contributed by atoms with van der Waals surface area (Å²) in [6, 6.07) is 5.91. The van der Waals surface area contributed by atoms with Gasteiger partial charge in [-0.1, -0.05) is 19.8 Å². The molecule has 2 aliphatic rings. The molecule has 1 aromatic carbocycles. The number of benzene rings is 1. The summed E-state index contributed by atoms with van der Waals surface area (Å²) < 4.78 is 5.57. The van der Waals surface area contributed by atoms with E-state index in [0.29, 0.717) is 0 Å². The molecule has 1 heterocycles. The number of amides is 1. The monoisotopic (exact) mass is 288 g/mol. The predicted octanol–water partition coefficient (Wildman–Crippen LogP) is 3.64. The van der Waals surface area contributed by atoms with E-state index in [1.54, 1.807) is 6.92 Å². The quantitative estimate of drug-likeness (QED) is 0.892. The van der Waals surface area contributed by atoms with Crippen LogP contribution in [0.15, 0.2) is 18.2 Å². The summed E-state index contributed by atoms with van der Waals surface area (Å²) in [5, 5.41) is 6.40. The summed E-state index contributed by atoms with van der Waals surface area (Å²) in [6.07, 6.45) is 4.94. The topological polar surface area (TPSA) is 50.4 Å². The molecule has 3 rings (SSSR count). The van der Waals surface area contributed by atoms with Gasteiger partial charge >= 0.3 is 0 Å². The number of rotatable bonds is 3. The van der Waals surface area contributed by atoms with Gasteiger partial charge in [-0.3, -0.25) is 4.79 Å².